The number of esters is 1. The van der Waals surface area contributed by atoms with Gasteiger partial charge in [0.25, 0.3) is 11.8 Å². The standard InChI is InChI=1S/C21H23FN2O7S/c1-4-24(5-2)32(28,29)16-10-11-18(22)17(12-16)21(27)31-13-19(25)23-20(26)14-6-8-15(30-3)9-7-14/h6-12H,4-5,13H2,1-3H3,(H,23,25,26). The van der Waals surface area contributed by atoms with E-state index in [4.69, 9.17) is 9.47 Å². The summed E-state index contributed by atoms with van der Waals surface area (Å²) in [5, 5.41) is 2.03. The van der Waals surface area contributed by atoms with Crippen molar-refractivity contribution in [2.24, 2.45) is 0 Å². The van der Waals surface area contributed by atoms with Crippen molar-refractivity contribution in [2.45, 2.75) is 18.7 Å². The number of nitrogens with one attached hydrogen (secondary N) is 1. The number of carbonyl (C=O) groups excluding carboxylic acids is 3. The van der Waals surface area contributed by atoms with E-state index < -0.39 is 45.8 Å². The molecule has 0 aliphatic heterocycles. The molecule has 1 N–H and O–H groups in total. The Balaban J connectivity index is 2.05. The monoisotopic (exact) mass is 466 g/mol. The first-order chi connectivity index (χ1) is 15.1. The van der Waals surface area contributed by atoms with E-state index in [2.05, 4.69) is 0 Å². The average molecular weight is 466 g/mol. The number of methoxy groups -OCH3 is 1. The lowest BCUT2D eigenvalue weighted by Gasteiger charge is -2.18. The summed E-state index contributed by atoms with van der Waals surface area (Å²) in [4.78, 5) is 35.9. The van der Waals surface area contributed by atoms with Gasteiger partial charge in [-0.1, -0.05) is 13.8 Å². The zero-order chi connectivity index (χ0) is 23.9. The summed E-state index contributed by atoms with van der Waals surface area (Å²) in [6, 6.07) is 8.66. The normalized spacial score (nSPS) is 11.2. The van der Waals surface area contributed by atoms with Crippen LogP contribution in [0.1, 0.15) is 34.6 Å². The van der Waals surface area contributed by atoms with E-state index in [1.54, 1.807) is 13.8 Å². The number of amides is 2. The van der Waals surface area contributed by atoms with Gasteiger partial charge in [0.2, 0.25) is 10.0 Å². The minimum Gasteiger partial charge on any atom is -0.497 e. The summed E-state index contributed by atoms with van der Waals surface area (Å²) in [6.45, 7) is 2.81. The molecule has 0 heterocycles. The molecule has 172 valence electrons. The van der Waals surface area contributed by atoms with Crippen LogP contribution in [0.15, 0.2) is 47.4 Å². The fraction of sp³-hybridized carbons (Fsp3) is 0.286. The minimum atomic E-state index is -3.93. The lowest BCUT2D eigenvalue weighted by Crippen LogP contribution is -2.34. The Morgan fingerprint density at radius 3 is 2.22 bits per heavy atom. The molecule has 2 aromatic rings. The van der Waals surface area contributed by atoms with Crippen LogP contribution in [-0.2, 0) is 19.6 Å². The van der Waals surface area contributed by atoms with Crippen molar-refractivity contribution in [3.8, 4) is 5.75 Å². The van der Waals surface area contributed by atoms with Crippen LogP contribution in [0, 0.1) is 5.82 Å². The first kappa shape index (κ1) is 25.0. The fourth-order valence-corrected chi connectivity index (χ4v) is 4.20. The summed E-state index contributed by atoms with van der Waals surface area (Å²) in [5.74, 6) is -3.40. The third-order valence-electron chi connectivity index (χ3n) is 4.44. The van der Waals surface area contributed by atoms with Crippen LogP contribution in [0.2, 0.25) is 0 Å². The minimum absolute atomic E-state index is 0.172. The molecule has 0 spiro atoms. The van der Waals surface area contributed by atoms with Crippen LogP contribution < -0.4 is 10.1 Å². The second-order valence-corrected chi connectivity index (χ2v) is 8.35. The Morgan fingerprint density at radius 2 is 1.66 bits per heavy atom. The van der Waals surface area contributed by atoms with Crippen LogP contribution in [0.3, 0.4) is 0 Å². The van der Waals surface area contributed by atoms with Crippen LogP contribution in [0.4, 0.5) is 4.39 Å². The van der Waals surface area contributed by atoms with Gasteiger partial charge < -0.3 is 9.47 Å². The molecule has 2 amide bonds. The van der Waals surface area contributed by atoms with Gasteiger partial charge in [-0.25, -0.2) is 17.6 Å². The van der Waals surface area contributed by atoms with Crippen molar-refractivity contribution in [3.63, 3.8) is 0 Å². The maximum Gasteiger partial charge on any atom is 0.341 e. The summed E-state index contributed by atoms with van der Waals surface area (Å²) < 4.78 is 50.2. The zero-order valence-corrected chi connectivity index (χ0v) is 18.6. The topological polar surface area (TPSA) is 119 Å². The number of halogens is 1. The molecule has 0 aliphatic carbocycles. The van der Waals surface area contributed by atoms with E-state index >= 15 is 0 Å². The average Bonchev–Trinajstić information content (AvgIpc) is 2.78. The maximum absolute atomic E-state index is 14.1. The van der Waals surface area contributed by atoms with E-state index in [0.29, 0.717) is 5.75 Å². The van der Waals surface area contributed by atoms with Crippen molar-refractivity contribution in [1.82, 2.24) is 9.62 Å². The highest BCUT2D eigenvalue weighted by molar-refractivity contribution is 7.89. The van der Waals surface area contributed by atoms with Crippen LogP contribution in [-0.4, -0.2) is 57.3 Å². The van der Waals surface area contributed by atoms with E-state index in [-0.39, 0.29) is 23.5 Å². The Labute approximate surface area is 185 Å². The van der Waals surface area contributed by atoms with Gasteiger partial charge in [-0.05, 0) is 42.5 Å². The van der Waals surface area contributed by atoms with E-state index in [1.165, 1.54) is 31.4 Å². The van der Waals surface area contributed by atoms with Crippen LogP contribution >= 0.6 is 0 Å². The first-order valence-electron chi connectivity index (χ1n) is 9.59. The molecule has 9 nitrogen and oxygen atoms in total. The van der Waals surface area contributed by atoms with Crippen molar-refractivity contribution in [3.05, 3.63) is 59.4 Å². The largest absolute Gasteiger partial charge is 0.497 e. The van der Waals surface area contributed by atoms with Gasteiger partial charge in [-0.15, -0.1) is 0 Å². The predicted octanol–water partition coefficient (Wildman–Crippen LogP) is 1.98. The second-order valence-electron chi connectivity index (χ2n) is 6.41. The lowest BCUT2D eigenvalue weighted by atomic mass is 10.2. The molecule has 0 radical (unpaired) electrons. The zero-order valence-electron chi connectivity index (χ0n) is 17.8. The molecule has 0 aliphatic rings. The third kappa shape index (κ3) is 5.89. The Bertz CT molecular complexity index is 1100. The molecule has 0 aromatic heterocycles. The number of rotatable bonds is 9. The van der Waals surface area contributed by atoms with Gasteiger partial charge in [0.05, 0.1) is 17.6 Å². The second kappa shape index (κ2) is 10.8. The van der Waals surface area contributed by atoms with Gasteiger partial charge in [0.1, 0.15) is 11.6 Å². The smallest absolute Gasteiger partial charge is 0.341 e. The summed E-state index contributed by atoms with van der Waals surface area (Å²) in [6.07, 6.45) is 0. The van der Waals surface area contributed by atoms with E-state index in [0.717, 1.165) is 22.5 Å². The number of sulfonamides is 1. The van der Waals surface area contributed by atoms with Gasteiger partial charge >= 0.3 is 5.97 Å². The Kier molecular flexibility index (Phi) is 8.44. The number of benzene rings is 2. The maximum atomic E-state index is 14.1. The molecular weight excluding hydrogens is 443 g/mol. The number of ether oxygens (including phenoxy) is 2. The molecule has 0 atom stereocenters. The predicted molar refractivity (Wildman–Crippen MR) is 112 cm³/mol. The molecule has 0 fully saturated rings. The molecule has 2 rings (SSSR count). The van der Waals surface area contributed by atoms with Crippen molar-refractivity contribution in [2.75, 3.05) is 26.8 Å². The molecule has 0 saturated heterocycles. The summed E-state index contributed by atoms with van der Waals surface area (Å²) in [5.41, 5.74) is -0.474. The highest BCUT2D eigenvalue weighted by Gasteiger charge is 2.25. The molecular formula is C21H23FN2O7S. The molecule has 11 heteroatoms. The third-order valence-corrected chi connectivity index (χ3v) is 6.49. The number of hydrogen-bond donors (Lipinski definition) is 1. The highest BCUT2D eigenvalue weighted by atomic mass is 32.2. The van der Waals surface area contributed by atoms with Crippen molar-refractivity contribution >= 4 is 27.8 Å². The number of imide groups is 1. The molecule has 32 heavy (non-hydrogen) atoms. The molecule has 2 aromatic carbocycles. The molecule has 0 saturated carbocycles. The SMILES string of the molecule is CCN(CC)S(=O)(=O)c1ccc(F)c(C(=O)OCC(=O)NC(=O)c2ccc(OC)cc2)c1. The summed E-state index contributed by atoms with van der Waals surface area (Å²) >= 11 is 0. The van der Waals surface area contributed by atoms with E-state index in [9.17, 15) is 27.2 Å². The van der Waals surface area contributed by atoms with Gasteiger partial charge in [-0.3, -0.25) is 14.9 Å². The van der Waals surface area contributed by atoms with Gasteiger partial charge in [-0.2, -0.15) is 4.31 Å². The Hall–Kier alpha value is -3.31. The fourth-order valence-electron chi connectivity index (χ4n) is 2.72. The van der Waals surface area contributed by atoms with Gasteiger partial charge in [0, 0.05) is 18.7 Å². The van der Waals surface area contributed by atoms with Crippen LogP contribution in [0.5, 0.6) is 5.75 Å². The first-order valence-corrected chi connectivity index (χ1v) is 11.0. The number of carbonyl (C=O) groups is 3. The molecule has 0 unspecified atom stereocenters. The van der Waals surface area contributed by atoms with Crippen LogP contribution in [0.25, 0.3) is 0 Å². The lowest BCUT2D eigenvalue weighted by molar-refractivity contribution is -0.123. The van der Waals surface area contributed by atoms with Crippen molar-refractivity contribution < 1.29 is 36.7 Å². The van der Waals surface area contributed by atoms with Gasteiger partial charge in [0.15, 0.2) is 6.61 Å². The Morgan fingerprint density at radius 1 is 1.03 bits per heavy atom. The van der Waals surface area contributed by atoms with Crippen molar-refractivity contribution in [1.29, 1.82) is 0 Å². The molecule has 0 bridgehead atoms. The highest BCUT2D eigenvalue weighted by Crippen LogP contribution is 2.20. The number of hydrogen-bond acceptors (Lipinski definition) is 7. The van der Waals surface area contributed by atoms with E-state index in [1.807, 2.05) is 5.32 Å². The quantitative estimate of drug-likeness (QED) is 0.561. The summed E-state index contributed by atoms with van der Waals surface area (Å²) in [7, 11) is -2.47. The number of nitrogens with zero attached hydrogens (tertiary/aromatic N) is 1.